The summed E-state index contributed by atoms with van der Waals surface area (Å²) in [6.45, 7) is 9.43. The summed E-state index contributed by atoms with van der Waals surface area (Å²) in [4.78, 5) is 30.5. The molecule has 0 bridgehead atoms. The van der Waals surface area contributed by atoms with E-state index in [9.17, 15) is 9.59 Å². The monoisotopic (exact) mass is 436 g/mol. The van der Waals surface area contributed by atoms with E-state index in [2.05, 4.69) is 36.2 Å². The molecule has 3 N–H and O–H groups in total. The van der Waals surface area contributed by atoms with Crippen LogP contribution >= 0.6 is 0 Å². The molecule has 2 aromatic rings. The van der Waals surface area contributed by atoms with Gasteiger partial charge in [0.2, 0.25) is 5.91 Å². The molecule has 0 saturated carbocycles. The van der Waals surface area contributed by atoms with Gasteiger partial charge in [0.15, 0.2) is 0 Å². The second-order valence-corrected chi connectivity index (χ2v) is 9.12. The third-order valence-electron chi connectivity index (χ3n) is 5.93. The van der Waals surface area contributed by atoms with Crippen molar-refractivity contribution in [1.82, 2.24) is 15.1 Å². The highest BCUT2D eigenvalue weighted by atomic mass is 16.2. The van der Waals surface area contributed by atoms with E-state index in [1.54, 1.807) is 4.90 Å². The summed E-state index contributed by atoms with van der Waals surface area (Å²) in [7, 11) is 0. The van der Waals surface area contributed by atoms with Crippen LogP contribution in [0.3, 0.4) is 0 Å². The number of hydrogen-bond donors (Lipinski definition) is 2. The topological polar surface area (TPSA) is 78.7 Å². The van der Waals surface area contributed by atoms with Crippen molar-refractivity contribution in [3.8, 4) is 0 Å². The number of nitrogens with two attached hydrogens (primary N) is 1. The van der Waals surface area contributed by atoms with Crippen LogP contribution < -0.4 is 11.1 Å². The standard InChI is InChI=1S/C26H36N4O2/c1-19(2)16-29(17-21-7-5-4-6-8-21)23-15-24(25(31)28-14-13-27)30(18-23)26(32)22-11-9-20(3)10-12-22/h4-12,19,23-24H,13-18,27H2,1-3H3,(H,28,31). The van der Waals surface area contributed by atoms with E-state index in [0.29, 0.717) is 37.5 Å². The Labute approximate surface area is 191 Å². The highest BCUT2D eigenvalue weighted by Crippen LogP contribution is 2.27. The minimum absolute atomic E-state index is 0.0930. The molecule has 0 spiro atoms. The number of rotatable bonds is 9. The average Bonchev–Trinajstić information content (AvgIpc) is 3.23. The summed E-state index contributed by atoms with van der Waals surface area (Å²) in [6, 6.07) is 17.5. The lowest BCUT2D eigenvalue weighted by Crippen LogP contribution is -2.47. The van der Waals surface area contributed by atoms with Crippen LogP contribution in [0.2, 0.25) is 0 Å². The number of likely N-dealkylation sites (tertiary alicyclic amines) is 1. The number of nitrogens with zero attached hydrogens (tertiary/aromatic N) is 2. The summed E-state index contributed by atoms with van der Waals surface area (Å²) in [5.41, 5.74) is 8.54. The van der Waals surface area contributed by atoms with Gasteiger partial charge in [-0.15, -0.1) is 0 Å². The number of hydrogen-bond acceptors (Lipinski definition) is 4. The van der Waals surface area contributed by atoms with Crippen LogP contribution in [-0.2, 0) is 11.3 Å². The van der Waals surface area contributed by atoms with E-state index in [1.165, 1.54) is 5.56 Å². The van der Waals surface area contributed by atoms with Gasteiger partial charge in [-0.25, -0.2) is 0 Å². The first-order valence-corrected chi connectivity index (χ1v) is 11.5. The summed E-state index contributed by atoms with van der Waals surface area (Å²) < 4.78 is 0. The first kappa shape index (κ1) is 24.0. The molecule has 2 aromatic carbocycles. The Bertz CT molecular complexity index is 882. The van der Waals surface area contributed by atoms with E-state index >= 15 is 0 Å². The predicted octanol–water partition coefficient (Wildman–Crippen LogP) is 2.81. The number of carbonyl (C=O) groups excluding carboxylic acids is 2. The minimum atomic E-state index is -0.495. The van der Waals surface area contributed by atoms with Crippen molar-refractivity contribution >= 4 is 11.8 Å². The van der Waals surface area contributed by atoms with Gasteiger partial charge in [-0.2, -0.15) is 0 Å². The molecule has 1 aliphatic heterocycles. The largest absolute Gasteiger partial charge is 0.353 e. The lowest BCUT2D eigenvalue weighted by molar-refractivity contribution is -0.124. The van der Waals surface area contributed by atoms with Crippen LogP contribution in [0.25, 0.3) is 0 Å². The molecule has 1 saturated heterocycles. The molecule has 0 radical (unpaired) electrons. The first-order chi connectivity index (χ1) is 15.4. The number of nitrogens with one attached hydrogen (secondary N) is 1. The normalized spacial score (nSPS) is 18.4. The van der Waals surface area contributed by atoms with E-state index in [1.807, 2.05) is 49.4 Å². The van der Waals surface area contributed by atoms with Crippen LogP contribution in [0, 0.1) is 12.8 Å². The predicted molar refractivity (Wildman–Crippen MR) is 128 cm³/mol. The lowest BCUT2D eigenvalue weighted by Gasteiger charge is -2.30. The first-order valence-electron chi connectivity index (χ1n) is 11.5. The Kier molecular flexibility index (Phi) is 8.42. The third kappa shape index (κ3) is 6.17. The highest BCUT2D eigenvalue weighted by Gasteiger charge is 2.42. The van der Waals surface area contributed by atoms with Crippen molar-refractivity contribution in [3.63, 3.8) is 0 Å². The van der Waals surface area contributed by atoms with Gasteiger partial charge in [0.25, 0.3) is 5.91 Å². The second-order valence-electron chi connectivity index (χ2n) is 9.12. The molecule has 172 valence electrons. The number of amides is 2. The number of aryl methyl sites for hydroxylation is 1. The fourth-order valence-electron chi connectivity index (χ4n) is 4.36. The van der Waals surface area contributed by atoms with Crippen molar-refractivity contribution in [2.24, 2.45) is 11.7 Å². The van der Waals surface area contributed by atoms with Crippen molar-refractivity contribution < 1.29 is 9.59 Å². The van der Waals surface area contributed by atoms with Crippen LogP contribution in [0.5, 0.6) is 0 Å². The molecule has 32 heavy (non-hydrogen) atoms. The molecule has 6 nitrogen and oxygen atoms in total. The molecule has 2 amide bonds. The Hall–Kier alpha value is -2.70. The Balaban J connectivity index is 1.84. The molecule has 0 aromatic heterocycles. The van der Waals surface area contributed by atoms with Crippen LogP contribution in [0.15, 0.2) is 54.6 Å². The average molecular weight is 437 g/mol. The number of carbonyl (C=O) groups is 2. The van der Waals surface area contributed by atoms with Gasteiger partial charge in [-0.05, 0) is 37.0 Å². The van der Waals surface area contributed by atoms with Gasteiger partial charge in [-0.3, -0.25) is 14.5 Å². The zero-order chi connectivity index (χ0) is 23.1. The molecule has 2 atom stereocenters. The summed E-state index contributed by atoms with van der Waals surface area (Å²) >= 11 is 0. The fraction of sp³-hybridized carbons (Fsp3) is 0.462. The highest BCUT2D eigenvalue weighted by molar-refractivity contribution is 5.98. The molecular weight excluding hydrogens is 400 g/mol. The zero-order valence-corrected chi connectivity index (χ0v) is 19.5. The van der Waals surface area contributed by atoms with Crippen molar-refractivity contribution in [1.29, 1.82) is 0 Å². The summed E-state index contributed by atoms with van der Waals surface area (Å²) in [5, 5.41) is 2.89. The fourth-order valence-corrected chi connectivity index (χ4v) is 4.36. The quantitative estimate of drug-likeness (QED) is 0.634. The molecule has 1 fully saturated rings. The molecule has 1 heterocycles. The van der Waals surface area contributed by atoms with E-state index in [-0.39, 0.29) is 17.9 Å². The maximum absolute atomic E-state index is 13.4. The third-order valence-corrected chi connectivity index (χ3v) is 5.93. The summed E-state index contributed by atoms with van der Waals surface area (Å²) in [5.74, 6) is 0.261. The maximum Gasteiger partial charge on any atom is 0.254 e. The van der Waals surface area contributed by atoms with Gasteiger partial charge in [0, 0.05) is 44.3 Å². The SMILES string of the molecule is Cc1ccc(C(=O)N2CC(N(Cc3ccccc3)CC(C)C)CC2C(=O)NCCN)cc1. The van der Waals surface area contributed by atoms with Gasteiger partial charge in [0.05, 0.1) is 0 Å². The molecule has 0 aliphatic carbocycles. The molecule has 2 unspecified atom stereocenters. The smallest absolute Gasteiger partial charge is 0.254 e. The maximum atomic E-state index is 13.4. The van der Waals surface area contributed by atoms with Crippen LogP contribution in [-0.4, -0.2) is 59.9 Å². The van der Waals surface area contributed by atoms with Gasteiger partial charge in [-0.1, -0.05) is 61.9 Å². The zero-order valence-electron chi connectivity index (χ0n) is 19.5. The van der Waals surface area contributed by atoms with Gasteiger partial charge in [0.1, 0.15) is 6.04 Å². The summed E-state index contributed by atoms with van der Waals surface area (Å²) in [6.07, 6.45) is 0.619. The minimum Gasteiger partial charge on any atom is -0.353 e. The Morgan fingerprint density at radius 3 is 2.44 bits per heavy atom. The van der Waals surface area contributed by atoms with Crippen LogP contribution in [0.4, 0.5) is 0 Å². The van der Waals surface area contributed by atoms with Crippen molar-refractivity contribution in [2.45, 2.75) is 45.8 Å². The van der Waals surface area contributed by atoms with Gasteiger partial charge >= 0.3 is 0 Å². The van der Waals surface area contributed by atoms with Crippen molar-refractivity contribution in [2.75, 3.05) is 26.2 Å². The van der Waals surface area contributed by atoms with E-state index < -0.39 is 6.04 Å². The van der Waals surface area contributed by atoms with E-state index in [4.69, 9.17) is 5.73 Å². The second kappa shape index (κ2) is 11.2. The Morgan fingerprint density at radius 2 is 1.81 bits per heavy atom. The van der Waals surface area contributed by atoms with Crippen LogP contribution in [0.1, 0.15) is 41.8 Å². The molecule has 3 rings (SSSR count). The lowest BCUT2D eigenvalue weighted by atomic mass is 10.1. The number of benzene rings is 2. The molecule has 1 aliphatic rings. The molecule has 6 heteroatoms. The van der Waals surface area contributed by atoms with Crippen molar-refractivity contribution in [3.05, 3.63) is 71.3 Å². The molecular formula is C26H36N4O2. The Morgan fingerprint density at radius 1 is 1.12 bits per heavy atom. The van der Waals surface area contributed by atoms with Gasteiger partial charge < -0.3 is 16.0 Å². The van der Waals surface area contributed by atoms with E-state index in [0.717, 1.165) is 18.7 Å².